The third-order valence-corrected chi connectivity index (χ3v) is 2.84. The van der Waals surface area contributed by atoms with Gasteiger partial charge in [-0.2, -0.15) is 5.10 Å². The predicted octanol–water partition coefficient (Wildman–Crippen LogP) is 2.02. The molecule has 0 aliphatic carbocycles. The molecular weight excluding hydrogens is 200 g/mol. The summed E-state index contributed by atoms with van der Waals surface area (Å²) >= 11 is 0. The van der Waals surface area contributed by atoms with Crippen molar-refractivity contribution in [1.82, 2.24) is 19.3 Å². The van der Waals surface area contributed by atoms with Gasteiger partial charge in [-0.05, 0) is 33.8 Å². The van der Waals surface area contributed by atoms with E-state index in [-0.39, 0.29) is 5.54 Å². The van der Waals surface area contributed by atoms with Gasteiger partial charge in [0.2, 0.25) is 0 Å². The van der Waals surface area contributed by atoms with Crippen LogP contribution in [0.2, 0.25) is 0 Å². The number of aromatic nitrogens is 4. The van der Waals surface area contributed by atoms with E-state index in [0.717, 1.165) is 17.2 Å². The summed E-state index contributed by atoms with van der Waals surface area (Å²) < 4.78 is 4.02. The highest BCUT2D eigenvalue weighted by atomic mass is 15.3. The van der Waals surface area contributed by atoms with E-state index < -0.39 is 0 Å². The molecule has 0 aliphatic heterocycles. The molecule has 2 heterocycles. The monoisotopic (exact) mass is 218 g/mol. The molecule has 2 rings (SSSR count). The molecule has 0 fully saturated rings. The van der Waals surface area contributed by atoms with Crippen molar-refractivity contribution in [1.29, 1.82) is 0 Å². The van der Waals surface area contributed by atoms with Crippen LogP contribution in [0, 0.1) is 13.8 Å². The van der Waals surface area contributed by atoms with Gasteiger partial charge in [0.05, 0.1) is 11.4 Å². The molecule has 0 spiro atoms. The van der Waals surface area contributed by atoms with Gasteiger partial charge in [-0.1, -0.05) is 0 Å². The Bertz CT molecular complexity index is 505. The van der Waals surface area contributed by atoms with E-state index >= 15 is 0 Å². The van der Waals surface area contributed by atoms with Crippen LogP contribution in [0.1, 0.15) is 31.1 Å². The minimum absolute atomic E-state index is 0.225. The zero-order valence-electron chi connectivity index (χ0n) is 10.5. The lowest BCUT2D eigenvalue weighted by atomic mass is 10.1. The minimum Gasteiger partial charge on any atom is -0.336 e. The number of nitrogens with zero attached hydrogens (tertiary/aromatic N) is 4. The van der Waals surface area contributed by atoms with Crippen molar-refractivity contribution in [3.8, 4) is 0 Å². The van der Waals surface area contributed by atoms with Gasteiger partial charge in [-0.25, -0.2) is 4.98 Å². The van der Waals surface area contributed by atoms with Gasteiger partial charge < -0.3 is 4.57 Å². The summed E-state index contributed by atoms with van der Waals surface area (Å²) in [5.41, 5.74) is 1.84. The molecule has 0 aliphatic rings. The van der Waals surface area contributed by atoms with Gasteiger partial charge in [0.15, 0.2) is 0 Å². The van der Waals surface area contributed by atoms with Gasteiger partial charge in [0.25, 0.3) is 0 Å². The van der Waals surface area contributed by atoms with Crippen molar-refractivity contribution in [2.24, 2.45) is 7.05 Å². The minimum atomic E-state index is -0.225. The standard InChI is InChI=1S/C12H18N4/c1-9-6-7-16(14-9)12(3,4)11-13-10(2)8-15(11)5/h6-8H,1-5H3. The topological polar surface area (TPSA) is 35.6 Å². The Labute approximate surface area is 95.9 Å². The van der Waals surface area contributed by atoms with E-state index in [1.807, 2.05) is 44.0 Å². The van der Waals surface area contributed by atoms with Crippen molar-refractivity contribution >= 4 is 0 Å². The van der Waals surface area contributed by atoms with Crippen LogP contribution >= 0.6 is 0 Å². The maximum atomic E-state index is 4.57. The molecule has 0 radical (unpaired) electrons. The second-order valence-electron chi connectivity index (χ2n) is 4.78. The van der Waals surface area contributed by atoms with Gasteiger partial charge in [-0.3, -0.25) is 4.68 Å². The highest BCUT2D eigenvalue weighted by Gasteiger charge is 2.28. The van der Waals surface area contributed by atoms with E-state index in [0.29, 0.717) is 0 Å². The smallest absolute Gasteiger partial charge is 0.136 e. The van der Waals surface area contributed by atoms with Crippen molar-refractivity contribution in [2.45, 2.75) is 33.2 Å². The van der Waals surface area contributed by atoms with Crippen LogP contribution in [-0.4, -0.2) is 19.3 Å². The number of rotatable bonds is 2. The van der Waals surface area contributed by atoms with E-state index in [1.54, 1.807) is 0 Å². The molecule has 0 atom stereocenters. The SMILES string of the molecule is Cc1cn(C)c(C(C)(C)n2ccc(C)n2)n1. The Kier molecular flexibility index (Phi) is 2.37. The third kappa shape index (κ3) is 1.64. The fourth-order valence-corrected chi connectivity index (χ4v) is 2.01. The summed E-state index contributed by atoms with van der Waals surface area (Å²) in [4.78, 5) is 4.57. The molecule has 0 aromatic carbocycles. The van der Waals surface area contributed by atoms with Crippen LogP contribution in [0.5, 0.6) is 0 Å². The number of hydrogen-bond acceptors (Lipinski definition) is 2. The molecule has 0 amide bonds. The molecule has 0 saturated carbocycles. The lowest BCUT2D eigenvalue weighted by Crippen LogP contribution is -2.31. The Morgan fingerprint density at radius 2 is 1.88 bits per heavy atom. The molecule has 16 heavy (non-hydrogen) atoms. The molecule has 86 valence electrons. The van der Waals surface area contributed by atoms with Gasteiger partial charge >= 0.3 is 0 Å². The zero-order valence-corrected chi connectivity index (χ0v) is 10.5. The summed E-state index contributed by atoms with van der Waals surface area (Å²) in [6.07, 6.45) is 4.03. The maximum Gasteiger partial charge on any atom is 0.136 e. The molecule has 2 aromatic rings. The van der Waals surface area contributed by atoms with Crippen molar-refractivity contribution in [2.75, 3.05) is 0 Å². The molecule has 4 heteroatoms. The third-order valence-electron chi connectivity index (χ3n) is 2.84. The number of hydrogen-bond donors (Lipinski definition) is 0. The largest absolute Gasteiger partial charge is 0.336 e. The first kappa shape index (κ1) is 10.9. The molecule has 0 bridgehead atoms. The summed E-state index contributed by atoms with van der Waals surface area (Å²) in [5.74, 6) is 1.02. The summed E-state index contributed by atoms with van der Waals surface area (Å²) in [6, 6.07) is 2.01. The van der Waals surface area contributed by atoms with Crippen LogP contribution in [0.4, 0.5) is 0 Å². The molecule has 2 aromatic heterocycles. The Morgan fingerprint density at radius 1 is 1.19 bits per heavy atom. The first-order chi connectivity index (χ1) is 7.41. The first-order valence-corrected chi connectivity index (χ1v) is 5.44. The van der Waals surface area contributed by atoms with Gasteiger partial charge in [-0.15, -0.1) is 0 Å². The highest BCUT2D eigenvalue weighted by molar-refractivity contribution is 5.12. The van der Waals surface area contributed by atoms with Gasteiger partial charge in [0, 0.05) is 19.4 Å². The fraction of sp³-hybridized carbons (Fsp3) is 0.500. The molecule has 0 unspecified atom stereocenters. The van der Waals surface area contributed by atoms with Crippen LogP contribution in [0.15, 0.2) is 18.5 Å². The summed E-state index contributed by atoms with van der Waals surface area (Å²) in [5, 5.41) is 4.47. The quantitative estimate of drug-likeness (QED) is 0.773. The molecule has 0 N–H and O–H groups in total. The zero-order chi connectivity index (χ0) is 11.9. The number of imidazole rings is 1. The molecule has 0 saturated heterocycles. The second-order valence-corrected chi connectivity index (χ2v) is 4.78. The maximum absolute atomic E-state index is 4.57. The van der Waals surface area contributed by atoms with Crippen LogP contribution in [-0.2, 0) is 12.6 Å². The second kappa shape index (κ2) is 3.47. The van der Waals surface area contributed by atoms with E-state index in [1.165, 1.54) is 0 Å². The Morgan fingerprint density at radius 3 is 2.31 bits per heavy atom. The van der Waals surface area contributed by atoms with Crippen molar-refractivity contribution in [3.63, 3.8) is 0 Å². The predicted molar refractivity (Wildman–Crippen MR) is 63.3 cm³/mol. The lowest BCUT2D eigenvalue weighted by molar-refractivity contribution is 0.357. The van der Waals surface area contributed by atoms with Gasteiger partial charge in [0.1, 0.15) is 11.4 Å². The number of aryl methyl sites for hydroxylation is 3. The van der Waals surface area contributed by atoms with Crippen LogP contribution < -0.4 is 0 Å². The van der Waals surface area contributed by atoms with Crippen LogP contribution in [0.3, 0.4) is 0 Å². The fourth-order valence-electron chi connectivity index (χ4n) is 2.01. The highest BCUT2D eigenvalue weighted by Crippen LogP contribution is 2.23. The molecule has 4 nitrogen and oxygen atoms in total. The summed E-state index contributed by atoms with van der Waals surface area (Å²) in [6.45, 7) is 8.26. The average Bonchev–Trinajstić information content (AvgIpc) is 2.73. The van der Waals surface area contributed by atoms with Crippen molar-refractivity contribution in [3.05, 3.63) is 35.7 Å². The lowest BCUT2D eigenvalue weighted by Gasteiger charge is -2.24. The van der Waals surface area contributed by atoms with E-state index in [2.05, 4.69) is 28.5 Å². The van der Waals surface area contributed by atoms with E-state index in [9.17, 15) is 0 Å². The average molecular weight is 218 g/mol. The van der Waals surface area contributed by atoms with Crippen LogP contribution in [0.25, 0.3) is 0 Å². The van der Waals surface area contributed by atoms with E-state index in [4.69, 9.17) is 0 Å². The van der Waals surface area contributed by atoms with Crippen molar-refractivity contribution < 1.29 is 0 Å². The first-order valence-electron chi connectivity index (χ1n) is 5.44. The Hall–Kier alpha value is -1.58. The molecular formula is C12H18N4. The Balaban J connectivity index is 2.49. The normalized spacial score (nSPS) is 12.1. The summed E-state index contributed by atoms with van der Waals surface area (Å²) in [7, 11) is 2.02.